The minimum atomic E-state index is -0.700. The van der Waals surface area contributed by atoms with E-state index in [-0.39, 0.29) is 18.8 Å². The number of hydrogen-bond donors (Lipinski definition) is 0. The van der Waals surface area contributed by atoms with Gasteiger partial charge in [0, 0.05) is 0 Å². The molecule has 1 rings (SSSR count). The highest BCUT2D eigenvalue weighted by Crippen LogP contribution is 2.16. The third-order valence-electron chi connectivity index (χ3n) is 2.40. The summed E-state index contributed by atoms with van der Waals surface area (Å²) < 4.78 is 14.8. The zero-order valence-corrected chi connectivity index (χ0v) is 11.8. The zero-order valence-electron chi connectivity index (χ0n) is 11.8. The molecule has 0 radical (unpaired) electrons. The average molecular weight is 278 g/mol. The zero-order chi connectivity index (χ0) is 15.0. The first-order valence-corrected chi connectivity index (χ1v) is 6.32. The lowest BCUT2D eigenvalue weighted by molar-refractivity contribution is -0.146. The number of methoxy groups -OCH3 is 1. The van der Waals surface area contributed by atoms with Gasteiger partial charge in [-0.15, -0.1) is 0 Å². The molecule has 0 saturated heterocycles. The molecular weight excluding hydrogens is 260 g/mol. The predicted octanol–water partition coefficient (Wildman–Crippen LogP) is 2.20. The molecule has 0 heterocycles. The smallest absolute Gasteiger partial charge is 0.345 e. The Labute approximate surface area is 118 Å². The van der Waals surface area contributed by atoms with Crippen molar-refractivity contribution in [2.24, 2.45) is 0 Å². The topological polar surface area (TPSA) is 61.8 Å². The SMILES string of the molecule is CCOC(=O)C(=Cc1cccc(OC)c1)C(=O)OCC. The molecule has 0 atom stereocenters. The summed E-state index contributed by atoms with van der Waals surface area (Å²) in [4.78, 5) is 23.6. The van der Waals surface area contributed by atoms with Crippen molar-refractivity contribution in [2.75, 3.05) is 20.3 Å². The summed E-state index contributed by atoms with van der Waals surface area (Å²) in [6.45, 7) is 3.72. The van der Waals surface area contributed by atoms with Crippen LogP contribution in [0.5, 0.6) is 5.75 Å². The van der Waals surface area contributed by atoms with E-state index >= 15 is 0 Å². The quantitative estimate of drug-likeness (QED) is 0.345. The van der Waals surface area contributed by atoms with Gasteiger partial charge in [-0.3, -0.25) is 0 Å². The number of benzene rings is 1. The van der Waals surface area contributed by atoms with E-state index in [9.17, 15) is 9.59 Å². The molecule has 5 heteroatoms. The number of carbonyl (C=O) groups excluding carboxylic acids is 2. The van der Waals surface area contributed by atoms with Crippen LogP contribution in [-0.2, 0) is 19.1 Å². The summed E-state index contributed by atoms with van der Waals surface area (Å²) in [6.07, 6.45) is 1.43. The molecule has 0 aliphatic heterocycles. The maximum Gasteiger partial charge on any atom is 0.345 e. The van der Waals surface area contributed by atoms with E-state index in [1.807, 2.05) is 0 Å². The van der Waals surface area contributed by atoms with Crippen LogP contribution in [0.15, 0.2) is 29.8 Å². The Hall–Kier alpha value is -2.30. The Bertz CT molecular complexity index is 485. The Morgan fingerprint density at radius 2 is 1.70 bits per heavy atom. The second-order valence-corrected chi connectivity index (χ2v) is 3.78. The molecule has 0 amide bonds. The van der Waals surface area contributed by atoms with Gasteiger partial charge in [0.2, 0.25) is 0 Å². The Morgan fingerprint density at radius 3 is 2.20 bits per heavy atom. The van der Waals surface area contributed by atoms with Gasteiger partial charge in [-0.1, -0.05) is 12.1 Å². The van der Waals surface area contributed by atoms with Crippen molar-refractivity contribution in [1.82, 2.24) is 0 Å². The van der Waals surface area contributed by atoms with Crippen LogP contribution in [0.3, 0.4) is 0 Å². The van der Waals surface area contributed by atoms with Crippen molar-refractivity contribution in [2.45, 2.75) is 13.8 Å². The molecule has 1 aromatic carbocycles. The predicted molar refractivity (Wildman–Crippen MR) is 74.2 cm³/mol. The molecule has 0 aromatic heterocycles. The van der Waals surface area contributed by atoms with Gasteiger partial charge in [0.1, 0.15) is 11.3 Å². The van der Waals surface area contributed by atoms with Gasteiger partial charge >= 0.3 is 11.9 Å². The Kier molecular flexibility index (Phi) is 6.29. The van der Waals surface area contributed by atoms with Crippen molar-refractivity contribution in [3.05, 3.63) is 35.4 Å². The fraction of sp³-hybridized carbons (Fsp3) is 0.333. The largest absolute Gasteiger partial charge is 0.497 e. The summed E-state index contributed by atoms with van der Waals surface area (Å²) in [5.74, 6) is -0.770. The monoisotopic (exact) mass is 278 g/mol. The van der Waals surface area contributed by atoms with Crippen LogP contribution < -0.4 is 4.74 Å². The van der Waals surface area contributed by atoms with E-state index in [0.29, 0.717) is 11.3 Å². The van der Waals surface area contributed by atoms with Crippen LogP contribution in [0, 0.1) is 0 Å². The molecule has 0 spiro atoms. The van der Waals surface area contributed by atoms with E-state index in [4.69, 9.17) is 14.2 Å². The number of hydrogen-bond acceptors (Lipinski definition) is 5. The van der Waals surface area contributed by atoms with Gasteiger partial charge < -0.3 is 14.2 Å². The number of carbonyl (C=O) groups is 2. The molecule has 0 saturated carbocycles. The van der Waals surface area contributed by atoms with E-state index in [0.717, 1.165) is 0 Å². The first-order chi connectivity index (χ1) is 9.62. The van der Waals surface area contributed by atoms with Crippen molar-refractivity contribution in [3.8, 4) is 5.75 Å². The maximum absolute atomic E-state index is 11.8. The minimum absolute atomic E-state index is 0.137. The van der Waals surface area contributed by atoms with E-state index in [2.05, 4.69) is 0 Å². The average Bonchev–Trinajstić information content (AvgIpc) is 2.45. The van der Waals surface area contributed by atoms with Crippen molar-refractivity contribution < 1.29 is 23.8 Å². The van der Waals surface area contributed by atoms with Gasteiger partial charge in [0.25, 0.3) is 0 Å². The van der Waals surface area contributed by atoms with Crippen LogP contribution in [0.2, 0.25) is 0 Å². The van der Waals surface area contributed by atoms with Gasteiger partial charge in [-0.25, -0.2) is 9.59 Å². The standard InChI is InChI=1S/C15H18O5/c1-4-19-14(16)13(15(17)20-5-2)10-11-7-6-8-12(9-11)18-3/h6-10H,4-5H2,1-3H3. The molecule has 0 unspecified atom stereocenters. The third-order valence-corrected chi connectivity index (χ3v) is 2.40. The van der Waals surface area contributed by atoms with Crippen LogP contribution in [0.1, 0.15) is 19.4 Å². The third kappa shape index (κ3) is 4.42. The van der Waals surface area contributed by atoms with Crippen LogP contribution >= 0.6 is 0 Å². The van der Waals surface area contributed by atoms with E-state index < -0.39 is 11.9 Å². The first kappa shape index (κ1) is 15.8. The van der Waals surface area contributed by atoms with E-state index in [1.54, 1.807) is 45.2 Å². The molecule has 0 fully saturated rings. The van der Waals surface area contributed by atoms with Crippen LogP contribution in [0.4, 0.5) is 0 Å². The molecule has 0 N–H and O–H groups in total. The normalized spacial score (nSPS) is 9.55. The lowest BCUT2D eigenvalue weighted by atomic mass is 10.1. The van der Waals surface area contributed by atoms with Gasteiger partial charge in [-0.2, -0.15) is 0 Å². The molecule has 1 aromatic rings. The van der Waals surface area contributed by atoms with Crippen molar-refractivity contribution in [1.29, 1.82) is 0 Å². The Balaban J connectivity index is 3.10. The molecule has 20 heavy (non-hydrogen) atoms. The van der Waals surface area contributed by atoms with Gasteiger partial charge in [0.05, 0.1) is 20.3 Å². The van der Waals surface area contributed by atoms with Gasteiger partial charge in [0.15, 0.2) is 0 Å². The molecule has 108 valence electrons. The Morgan fingerprint density at radius 1 is 1.10 bits per heavy atom. The highest BCUT2D eigenvalue weighted by atomic mass is 16.6. The second-order valence-electron chi connectivity index (χ2n) is 3.78. The molecule has 0 aliphatic carbocycles. The lowest BCUT2D eigenvalue weighted by Crippen LogP contribution is -2.18. The second kappa shape index (κ2) is 7.99. The van der Waals surface area contributed by atoms with Crippen molar-refractivity contribution >= 4 is 18.0 Å². The van der Waals surface area contributed by atoms with E-state index in [1.165, 1.54) is 6.08 Å². The summed E-state index contributed by atoms with van der Waals surface area (Å²) in [6, 6.07) is 6.99. The van der Waals surface area contributed by atoms with Gasteiger partial charge in [-0.05, 0) is 37.6 Å². The van der Waals surface area contributed by atoms with Crippen LogP contribution in [-0.4, -0.2) is 32.3 Å². The summed E-state index contributed by atoms with van der Waals surface area (Å²) in [5, 5.41) is 0. The molecular formula is C15H18O5. The van der Waals surface area contributed by atoms with Crippen molar-refractivity contribution in [3.63, 3.8) is 0 Å². The summed E-state index contributed by atoms with van der Waals surface area (Å²) in [5.41, 5.74) is 0.516. The first-order valence-electron chi connectivity index (χ1n) is 6.32. The number of esters is 2. The summed E-state index contributed by atoms with van der Waals surface area (Å²) >= 11 is 0. The highest BCUT2D eigenvalue weighted by molar-refractivity contribution is 6.17. The fourth-order valence-corrected chi connectivity index (χ4v) is 1.52. The lowest BCUT2D eigenvalue weighted by Gasteiger charge is -2.07. The summed E-state index contributed by atoms with van der Waals surface area (Å²) in [7, 11) is 1.54. The number of ether oxygens (including phenoxy) is 3. The highest BCUT2D eigenvalue weighted by Gasteiger charge is 2.20. The maximum atomic E-state index is 11.8. The molecule has 0 aliphatic rings. The molecule has 5 nitrogen and oxygen atoms in total. The number of rotatable bonds is 6. The van der Waals surface area contributed by atoms with Crippen LogP contribution in [0.25, 0.3) is 6.08 Å². The minimum Gasteiger partial charge on any atom is -0.497 e. The fourth-order valence-electron chi connectivity index (χ4n) is 1.52. The molecule has 0 bridgehead atoms.